The first kappa shape index (κ1) is 13.5. The Balaban J connectivity index is 1.87. The second kappa shape index (κ2) is 5.82. The number of nitrogens with one attached hydrogen (secondary N) is 1. The molecule has 0 radical (unpaired) electrons. The van der Waals surface area contributed by atoms with Crippen molar-refractivity contribution in [3.8, 4) is 0 Å². The summed E-state index contributed by atoms with van der Waals surface area (Å²) in [6, 6.07) is 2.13. The van der Waals surface area contributed by atoms with E-state index in [0.717, 1.165) is 38.4 Å². The van der Waals surface area contributed by atoms with Crippen LogP contribution in [0.15, 0.2) is 6.07 Å². The van der Waals surface area contributed by atoms with Crippen LogP contribution >= 0.6 is 0 Å². The molecule has 1 N–H and O–H groups in total. The minimum Gasteiger partial charge on any atom is -0.378 e. The number of methoxy groups -OCH3 is 1. The zero-order chi connectivity index (χ0) is 13.0. The maximum Gasteiger partial charge on any atom is 0.106 e. The first-order valence-electron chi connectivity index (χ1n) is 6.56. The molecular formula is C13H23N3O2. The number of aryl methyl sites for hydroxylation is 2. The number of ether oxygens (including phenoxy) is 2. The van der Waals surface area contributed by atoms with Gasteiger partial charge in [0.15, 0.2) is 0 Å². The fourth-order valence-electron chi connectivity index (χ4n) is 2.39. The van der Waals surface area contributed by atoms with Gasteiger partial charge in [-0.1, -0.05) is 0 Å². The van der Waals surface area contributed by atoms with Crippen molar-refractivity contribution in [2.24, 2.45) is 0 Å². The van der Waals surface area contributed by atoms with E-state index in [9.17, 15) is 0 Å². The first-order chi connectivity index (χ1) is 8.69. The Labute approximate surface area is 108 Å². The Bertz CT molecular complexity index is 384. The van der Waals surface area contributed by atoms with E-state index < -0.39 is 0 Å². The van der Waals surface area contributed by atoms with Gasteiger partial charge in [-0.05, 0) is 19.9 Å². The van der Waals surface area contributed by atoms with Crippen LogP contribution in [-0.4, -0.2) is 42.2 Å². The molecular weight excluding hydrogens is 230 g/mol. The van der Waals surface area contributed by atoms with Crippen LogP contribution in [0.25, 0.3) is 0 Å². The van der Waals surface area contributed by atoms with Gasteiger partial charge in [0, 0.05) is 39.8 Å². The van der Waals surface area contributed by atoms with Gasteiger partial charge in [-0.25, -0.2) is 0 Å². The highest BCUT2D eigenvalue weighted by atomic mass is 16.5. The summed E-state index contributed by atoms with van der Waals surface area (Å²) in [4.78, 5) is 0. The Morgan fingerprint density at radius 2 is 2.44 bits per heavy atom. The zero-order valence-electron chi connectivity index (χ0n) is 11.5. The largest absolute Gasteiger partial charge is 0.378 e. The third-order valence-electron chi connectivity index (χ3n) is 3.54. The van der Waals surface area contributed by atoms with E-state index in [1.807, 2.05) is 11.6 Å². The van der Waals surface area contributed by atoms with Gasteiger partial charge in [-0.2, -0.15) is 5.10 Å². The first-order valence-corrected chi connectivity index (χ1v) is 6.56. The van der Waals surface area contributed by atoms with Crippen molar-refractivity contribution in [2.45, 2.75) is 39.0 Å². The van der Waals surface area contributed by atoms with E-state index in [0.29, 0.717) is 6.61 Å². The molecule has 1 fully saturated rings. The van der Waals surface area contributed by atoms with Crippen LogP contribution in [0.5, 0.6) is 0 Å². The molecule has 1 aliphatic heterocycles. The number of hydrogen-bond donors (Lipinski definition) is 1. The molecule has 102 valence electrons. The lowest BCUT2D eigenvalue weighted by atomic mass is 10.0. The quantitative estimate of drug-likeness (QED) is 0.825. The van der Waals surface area contributed by atoms with E-state index in [1.165, 1.54) is 5.69 Å². The second-order valence-corrected chi connectivity index (χ2v) is 4.89. The van der Waals surface area contributed by atoms with Gasteiger partial charge >= 0.3 is 0 Å². The van der Waals surface area contributed by atoms with E-state index >= 15 is 0 Å². The van der Waals surface area contributed by atoms with Crippen molar-refractivity contribution in [1.82, 2.24) is 15.1 Å². The summed E-state index contributed by atoms with van der Waals surface area (Å²) in [6.07, 6.45) is 0.961. The van der Waals surface area contributed by atoms with E-state index in [1.54, 1.807) is 7.11 Å². The molecule has 18 heavy (non-hydrogen) atoms. The summed E-state index contributed by atoms with van der Waals surface area (Å²) in [6.45, 7) is 8.15. The third-order valence-corrected chi connectivity index (χ3v) is 3.54. The highest BCUT2D eigenvalue weighted by Gasteiger charge is 2.34. The zero-order valence-corrected chi connectivity index (χ0v) is 11.5. The summed E-state index contributed by atoms with van der Waals surface area (Å²) < 4.78 is 13.0. The number of nitrogens with zero attached hydrogens (tertiary/aromatic N) is 2. The smallest absolute Gasteiger partial charge is 0.106 e. The summed E-state index contributed by atoms with van der Waals surface area (Å²) in [5.41, 5.74) is 2.14. The van der Waals surface area contributed by atoms with Gasteiger partial charge in [0.1, 0.15) is 5.60 Å². The summed E-state index contributed by atoms with van der Waals surface area (Å²) in [5.74, 6) is 0. The van der Waals surface area contributed by atoms with Gasteiger partial charge < -0.3 is 14.8 Å². The summed E-state index contributed by atoms with van der Waals surface area (Å²) in [7, 11) is 1.76. The molecule has 0 aliphatic carbocycles. The van der Waals surface area contributed by atoms with Crippen LogP contribution in [0, 0.1) is 6.92 Å². The molecule has 2 rings (SSSR count). The SMILES string of the molecule is CCn1nc(C)cc1CNCC1(OC)CCOC1. The lowest BCUT2D eigenvalue weighted by Crippen LogP contribution is -2.42. The van der Waals surface area contributed by atoms with Crippen LogP contribution in [0.3, 0.4) is 0 Å². The highest BCUT2D eigenvalue weighted by molar-refractivity contribution is 5.08. The Kier molecular flexibility index (Phi) is 4.37. The maximum atomic E-state index is 5.59. The Morgan fingerprint density at radius 3 is 3.06 bits per heavy atom. The molecule has 1 unspecified atom stereocenters. The average molecular weight is 253 g/mol. The number of hydrogen-bond acceptors (Lipinski definition) is 4. The van der Waals surface area contributed by atoms with Gasteiger partial charge in [0.25, 0.3) is 0 Å². The molecule has 5 heteroatoms. The Morgan fingerprint density at radius 1 is 1.61 bits per heavy atom. The predicted molar refractivity (Wildman–Crippen MR) is 69.5 cm³/mol. The van der Waals surface area contributed by atoms with Crippen molar-refractivity contribution in [1.29, 1.82) is 0 Å². The molecule has 5 nitrogen and oxygen atoms in total. The topological polar surface area (TPSA) is 48.3 Å². The lowest BCUT2D eigenvalue weighted by Gasteiger charge is -2.26. The molecule has 0 spiro atoms. The van der Waals surface area contributed by atoms with Crippen molar-refractivity contribution in [2.75, 3.05) is 26.9 Å². The molecule has 1 aromatic heterocycles. The summed E-state index contributed by atoms with van der Waals surface area (Å²) >= 11 is 0. The minimum atomic E-state index is -0.147. The monoisotopic (exact) mass is 253 g/mol. The molecule has 2 heterocycles. The van der Waals surface area contributed by atoms with Crippen LogP contribution in [0.2, 0.25) is 0 Å². The molecule has 0 amide bonds. The molecule has 1 saturated heterocycles. The van der Waals surface area contributed by atoms with Crippen LogP contribution < -0.4 is 5.32 Å². The molecule has 1 atom stereocenters. The van der Waals surface area contributed by atoms with Crippen LogP contribution in [-0.2, 0) is 22.6 Å². The van der Waals surface area contributed by atoms with Crippen LogP contribution in [0.4, 0.5) is 0 Å². The van der Waals surface area contributed by atoms with Gasteiger partial charge in [0.05, 0.1) is 18.0 Å². The van der Waals surface area contributed by atoms with Gasteiger partial charge in [-0.15, -0.1) is 0 Å². The predicted octanol–water partition coefficient (Wildman–Crippen LogP) is 1.11. The van der Waals surface area contributed by atoms with Crippen molar-refractivity contribution in [3.05, 3.63) is 17.5 Å². The average Bonchev–Trinajstić information content (AvgIpc) is 2.97. The third kappa shape index (κ3) is 2.91. The minimum absolute atomic E-state index is 0.147. The van der Waals surface area contributed by atoms with E-state index in [-0.39, 0.29) is 5.60 Å². The fraction of sp³-hybridized carbons (Fsp3) is 0.769. The molecule has 0 aromatic carbocycles. The molecule has 0 saturated carbocycles. The van der Waals surface area contributed by atoms with Crippen LogP contribution in [0.1, 0.15) is 24.7 Å². The lowest BCUT2D eigenvalue weighted by molar-refractivity contribution is -0.0160. The molecule has 0 bridgehead atoms. The standard InChI is InChI=1S/C13H23N3O2/c1-4-16-12(7-11(2)15-16)8-14-9-13(17-3)5-6-18-10-13/h7,14H,4-6,8-10H2,1-3H3. The van der Waals surface area contributed by atoms with Gasteiger partial charge in [0.2, 0.25) is 0 Å². The molecule has 1 aliphatic rings. The summed E-state index contributed by atoms with van der Waals surface area (Å²) in [5, 5.41) is 7.90. The highest BCUT2D eigenvalue weighted by Crippen LogP contribution is 2.21. The number of aromatic nitrogens is 2. The Hall–Kier alpha value is -0.910. The van der Waals surface area contributed by atoms with Crippen molar-refractivity contribution < 1.29 is 9.47 Å². The second-order valence-electron chi connectivity index (χ2n) is 4.89. The van der Waals surface area contributed by atoms with E-state index in [4.69, 9.17) is 9.47 Å². The molecule has 1 aromatic rings. The fourth-order valence-corrected chi connectivity index (χ4v) is 2.39. The maximum absolute atomic E-state index is 5.59. The van der Waals surface area contributed by atoms with Crippen molar-refractivity contribution >= 4 is 0 Å². The van der Waals surface area contributed by atoms with Gasteiger partial charge in [-0.3, -0.25) is 4.68 Å². The number of rotatable bonds is 6. The normalized spacial score (nSPS) is 23.7. The van der Waals surface area contributed by atoms with Crippen molar-refractivity contribution in [3.63, 3.8) is 0 Å². The van der Waals surface area contributed by atoms with E-state index in [2.05, 4.69) is 23.4 Å².